The van der Waals surface area contributed by atoms with Gasteiger partial charge in [-0.3, -0.25) is 4.57 Å². The van der Waals surface area contributed by atoms with Crippen LogP contribution in [0, 0.1) is 6.08 Å². The van der Waals surface area contributed by atoms with E-state index in [4.69, 9.17) is 14.9 Å². The van der Waals surface area contributed by atoms with Gasteiger partial charge < -0.3 is 20.0 Å². The van der Waals surface area contributed by atoms with Gasteiger partial charge in [-0.2, -0.15) is 14.4 Å². The lowest BCUT2D eigenvalue weighted by molar-refractivity contribution is -0.0410. The van der Waals surface area contributed by atoms with Crippen LogP contribution in [-0.4, -0.2) is 51.8 Å². The van der Waals surface area contributed by atoms with Crippen molar-refractivity contribution in [1.82, 2.24) is 19.5 Å². The van der Waals surface area contributed by atoms with Crippen LogP contribution in [-0.2, 0) is 9.16 Å². The number of hydrogen-bond donors (Lipinski definition) is 2. The number of anilines is 1. The Bertz CT molecular complexity index is 807. The van der Waals surface area contributed by atoms with E-state index < -0.39 is 26.7 Å². The van der Waals surface area contributed by atoms with Crippen LogP contribution in [0.3, 0.4) is 0 Å². The van der Waals surface area contributed by atoms with Gasteiger partial charge in [0.25, 0.3) is 0 Å². The summed E-state index contributed by atoms with van der Waals surface area (Å²) in [7, 11) is -2.04. The number of hydrogen-bond acceptors (Lipinski definition) is 7. The van der Waals surface area contributed by atoms with Crippen molar-refractivity contribution in [3.05, 3.63) is 12.4 Å². The number of nitrogens with two attached hydrogens (primary N) is 1. The third-order valence-electron chi connectivity index (χ3n) is 5.34. The molecule has 0 aliphatic carbocycles. The lowest BCUT2D eigenvalue weighted by Crippen LogP contribution is -2.46. The minimum absolute atomic E-state index is 0.0166. The average molecular weight is 384 g/mol. The quantitative estimate of drug-likeness (QED) is 0.615. The molecule has 3 N–H and O–H groups in total. The first-order valence-corrected chi connectivity index (χ1v) is 11.5. The van der Waals surface area contributed by atoms with E-state index in [0.29, 0.717) is 11.9 Å². The molecule has 0 spiro atoms. The number of nitrogens with zero attached hydrogens (tertiary/aromatic N) is 4. The van der Waals surface area contributed by atoms with Crippen molar-refractivity contribution in [3.8, 4) is 0 Å². The van der Waals surface area contributed by atoms with Crippen LogP contribution in [0.1, 0.15) is 33.4 Å². The second-order valence-electron chi connectivity index (χ2n) is 8.17. The third kappa shape index (κ3) is 3.33. The fraction of sp³-hybridized carbons (Fsp3) is 0.688. The summed E-state index contributed by atoms with van der Waals surface area (Å²) in [4.78, 5) is 11.5. The molecule has 1 fully saturated rings. The Morgan fingerprint density at radius 3 is 2.73 bits per heavy atom. The number of aromatic nitrogens is 4. The second kappa shape index (κ2) is 6.52. The highest BCUT2D eigenvalue weighted by Crippen LogP contribution is 2.41. The molecule has 1 saturated heterocycles. The van der Waals surface area contributed by atoms with Gasteiger partial charge in [-0.15, -0.1) is 0 Å². The van der Waals surface area contributed by atoms with Crippen LogP contribution >= 0.6 is 0 Å². The van der Waals surface area contributed by atoms with E-state index >= 15 is 0 Å². The Hall–Kier alpha value is -1.62. The van der Waals surface area contributed by atoms with E-state index in [2.05, 4.69) is 48.8 Å². The zero-order valence-corrected chi connectivity index (χ0v) is 16.7. The van der Waals surface area contributed by atoms with Crippen LogP contribution in [0.15, 0.2) is 6.33 Å². The molecule has 2 aromatic rings. The number of imidazole rings is 1. The summed E-state index contributed by atoms with van der Waals surface area (Å²) in [5.41, 5.74) is 6.31. The fourth-order valence-electron chi connectivity index (χ4n) is 2.84. The Kier molecular flexibility index (Phi) is 4.80. The summed E-state index contributed by atoms with van der Waals surface area (Å²) in [6.07, 6.45) is -0.0939. The topological polar surface area (TPSA) is 108 Å². The molecule has 10 heteroatoms. The minimum atomic E-state index is -2.04. The van der Waals surface area contributed by atoms with Crippen molar-refractivity contribution in [2.75, 3.05) is 12.3 Å². The molecule has 0 saturated carbocycles. The van der Waals surface area contributed by atoms with Crippen molar-refractivity contribution >= 4 is 25.3 Å². The van der Waals surface area contributed by atoms with Gasteiger partial charge in [-0.05, 0) is 18.1 Å². The molecule has 0 radical (unpaired) electrons. The molecule has 3 atom stereocenters. The number of fused-ring (bicyclic) bond motifs is 1. The molecular formula is C16H26FN5O3Si. The lowest BCUT2D eigenvalue weighted by atomic mass is 10.2. The zero-order chi connectivity index (χ0) is 19.3. The summed E-state index contributed by atoms with van der Waals surface area (Å²) < 4.78 is 27.6. The lowest BCUT2D eigenvalue weighted by Gasteiger charge is -2.39. The van der Waals surface area contributed by atoms with Crippen LogP contribution in [0.4, 0.5) is 10.2 Å². The van der Waals surface area contributed by atoms with E-state index in [9.17, 15) is 9.50 Å². The highest BCUT2D eigenvalue weighted by molar-refractivity contribution is 6.74. The summed E-state index contributed by atoms with van der Waals surface area (Å²) in [5, 5.41) is 9.77. The molecule has 1 unspecified atom stereocenters. The normalized spacial score (nSPS) is 24.5. The molecule has 0 bridgehead atoms. The van der Waals surface area contributed by atoms with E-state index in [0.717, 1.165) is 0 Å². The van der Waals surface area contributed by atoms with Crippen molar-refractivity contribution in [1.29, 1.82) is 0 Å². The monoisotopic (exact) mass is 383 g/mol. The van der Waals surface area contributed by atoms with Crippen molar-refractivity contribution in [2.45, 2.75) is 63.8 Å². The number of ether oxygens (including phenoxy) is 1. The van der Waals surface area contributed by atoms with Gasteiger partial charge in [0.15, 0.2) is 25.3 Å². The first kappa shape index (κ1) is 19.1. The third-order valence-corrected chi connectivity index (χ3v) is 9.85. The van der Waals surface area contributed by atoms with E-state index in [1.54, 1.807) is 4.57 Å². The molecule has 26 heavy (non-hydrogen) atoms. The van der Waals surface area contributed by atoms with Crippen LogP contribution in [0.25, 0.3) is 11.2 Å². The average Bonchev–Trinajstić information content (AvgIpc) is 3.09. The summed E-state index contributed by atoms with van der Waals surface area (Å²) in [6, 6.07) is 0. The summed E-state index contributed by atoms with van der Waals surface area (Å²) in [6.45, 7) is 10.6. The summed E-state index contributed by atoms with van der Waals surface area (Å²) in [5.74, 6) is -0.0166. The van der Waals surface area contributed by atoms with Crippen molar-refractivity contribution in [2.24, 2.45) is 0 Å². The van der Waals surface area contributed by atoms with E-state index in [1.807, 2.05) is 0 Å². The largest absolute Gasteiger partial charge is 0.411 e. The Morgan fingerprint density at radius 1 is 1.42 bits per heavy atom. The number of aliphatic hydroxyl groups excluding tert-OH is 1. The molecule has 3 rings (SSSR count). The maximum Gasteiger partial charge on any atom is 0.312 e. The maximum absolute atomic E-state index is 13.6. The van der Waals surface area contributed by atoms with Crippen LogP contribution < -0.4 is 5.73 Å². The molecule has 2 aromatic heterocycles. The van der Waals surface area contributed by atoms with Gasteiger partial charge in [0, 0.05) is 6.42 Å². The SMILES string of the molecule is CC(C)(C)[Si](C)(C)OC1C[C@H](n2cnc3c(N)nc(F)nc32)O[C@@H]1CO. The highest BCUT2D eigenvalue weighted by Gasteiger charge is 2.45. The molecule has 3 heterocycles. The molecule has 0 amide bonds. The molecule has 1 aliphatic heterocycles. The van der Waals surface area contributed by atoms with E-state index in [-0.39, 0.29) is 29.2 Å². The van der Waals surface area contributed by atoms with Gasteiger partial charge in [-0.1, -0.05) is 20.8 Å². The minimum Gasteiger partial charge on any atom is -0.411 e. The Labute approximate surface area is 152 Å². The highest BCUT2D eigenvalue weighted by atomic mass is 28.4. The van der Waals surface area contributed by atoms with Crippen molar-refractivity contribution in [3.63, 3.8) is 0 Å². The van der Waals surface area contributed by atoms with Gasteiger partial charge in [-0.25, -0.2) is 4.98 Å². The number of halogens is 1. The number of aliphatic hydroxyl groups is 1. The van der Waals surface area contributed by atoms with E-state index in [1.165, 1.54) is 6.33 Å². The Balaban J connectivity index is 1.88. The number of rotatable bonds is 4. The van der Waals surface area contributed by atoms with Gasteiger partial charge in [0.2, 0.25) is 0 Å². The summed E-state index contributed by atoms with van der Waals surface area (Å²) >= 11 is 0. The van der Waals surface area contributed by atoms with Gasteiger partial charge in [0.1, 0.15) is 12.3 Å². The molecule has 144 valence electrons. The van der Waals surface area contributed by atoms with Crippen LogP contribution in [0.5, 0.6) is 0 Å². The standard InChI is InChI=1S/C16H26FN5O3Si/c1-16(2,3)26(4,5)25-9-6-11(24-10(9)7-23)22-8-19-12-13(18)20-15(17)21-14(12)22/h8-11,23H,6-7H2,1-5H3,(H2,18,20,21)/t9?,10-,11-/m1/s1. The van der Waals surface area contributed by atoms with Gasteiger partial charge >= 0.3 is 6.08 Å². The second-order valence-corrected chi connectivity index (χ2v) is 12.9. The Morgan fingerprint density at radius 2 is 2.12 bits per heavy atom. The zero-order valence-electron chi connectivity index (χ0n) is 15.7. The van der Waals surface area contributed by atoms with Crippen molar-refractivity contribution < 1.29 is 18.7 Å². The fourth-order valence-corrected chi connectivity index (χ4v) is 4.19. The molecule has 8 nitrogen and oxygen atoms in total. The predicted octanol–water partition coefficient (Wildman–Crippen LogP) is 2.22. The molecule has 1 aliphatic rings. The first-order valence-electron chi connectivity index (χ1n) is 8.63. The van der Waals surface area contributed by atoms with Crippen LogP contribution in [0.2, 0.25) is 18.1 Å². The molecule has 0 aromatic carbocycles. The number of nitrogen functional groups attached to an aromatic ring is 1. The first-order chi connectivity index (χ1) is 12.0. The smallest absolute Gasteiger partial charge is 0.312 e. The predicted molar refractivity (Wildman–Crippen MR) is 97.4 cm³/mol. The molecular weight excluding hydrogens is 357 g/mol. The maximum atomic E-state index is 13.6. The van der Waals surface area contributed by atoms with Gasteiger partial charge in [0.05, 0.1) is 19.0 Å².